The van der Waals surface area contributed by atoms with E-state index in [9.17, 15) is 18.0 Å². The smallest absolute Gasteiger partial charge is 0.316 e. The summed E-state index contributed by atoms with van der Waals surface area (Å²) < 4.78 is 40.4. The van der Waals surface area contributed by atoms with Crippen LogP contribution in [0.3, 0.4) is 0 Å². The number of urea groups is 1. The molecule has 3 aromatic carbocycles. The zero-order valence-electron chi connectivity index (χ0n) is 14.3. The summed E-state index contributed by atoms with van der Waals surface area (Å²) in [4.78, 5) is 14.2. The van der Waals surface area contributed by atoms with Crippen molar-refractivity contribution in [3.63, 3.8) is 0 Å². The maximum atomic E-state index is 13.9. The predicted octanol–water partition coefficient (Wildman–Crippen LogP) is 5.34. The molecule has 3 rings (SSSR count). The third-order valence-electron chi connectivity index (χ3n) is 4.00. The van der Waals surface area contributed by atoms with Crippen LogP contribution in [0.15, 0.2) is 72.8 Å². The highest BCUT2D eigenvalue weighted by atomic mass is 19.2. The number of benzene rings is 3. The number of rotatable bonds is 5. The molecule has 0 atom stereocenters. The monoisotopic (exact) mass is 370 g/mol. The van der Waals surface area contributed by atoms with Gasteiger partial charge in [0.25, 0.3) is 0 Å². The molecule has 0 fully saturated rings. The molecule has 3 nitrogen and oxygen atoms in total. The van der Waals surface area contributed by atoms with Crippen molar-refractivity contribution in [3.05, 3.63) is 101 Å². The van der Waals surface area contributed by atoms with Crippen molar-refractivity contribution in [3.8, 4) is 0 Å². The molecule has 0 heterocycles. The summed E-state index contributed by atoms with van der Waals surface area (Å²) in [7, 11) is 0. The van der Waals surface area contributed by atoms with Gasteiger partial charge >= 0.3 is 6.03 Å². The Morgan fingerprint density at radius 1 is 0.741 bits per heavy atom. The van der Waals surface area contributed by atoms with E-state index in [1.54, 1.807) is 0 Å². The Bertz CT molecular complexity index is 876. The molecule has 0 aliphatic heterocycles. The molecule has 0 radical (unpaired) electrons. The number of nitrogens with zero attached hydrogens (tertiary/aromatic N) is 1. The van der Waals surface area contributed by atoms with Gasteiger partial charge < -0.3 is 10.2 Å². The lowest BCUT2D eigenvalue weighted by Gasteiger charge is -2.23. The Kier molecular flexibility index (Phi) is 5.76. The van der Waals surface area contributed by atoms with E-state index in [2.05, 4.69) is 5.32 Å². The summed E-state index contributed by atoms with van der Waals surface area (Å²) in [6.07, 6.45) is 0. The van der Waals surface area contributed by atoms with Crippen LogP contribution in [0.1, 0.15) is 11.1 Å². The van der Waals surface area contributed by atoms with Gasteiger partial charge in [-0.1, -0.05) is 60.7 Å². The normalized spacial score (nSPS) is 10.5. The maximum absolute atomic E-state index is 13.9. The summed E-state index contributed by atoms with van der Waals surface area (Å²) in [5.41, 5.74) is 1.36. The highest BCUT2D eigenvalue weighted by molar-refractivity contribution is 5.89. The molecule has 0 saturated carbocycles. The van der Waals surface area contributed by atoms with E-state index in [0.29, 0.717) is 0 Å². The molecular formula is C21H17F3N2O. The molecule has 2 amide bonds. The molecule has 0 aliphatic carbocycles. The molecule has 1 N–H and O–H groups in total. The first-order valence-corrected chi connectivity index (χ1v) is 8.32. The SMILES string of the molecule is O=C(Nc1ccc(F)c(F)c1F)N(Cc1ccccc1)Cc1ccccc1. The lowest BCUT2D eigenvalue weighted by atomic mass is 10.2. The fourth-order valence-corrected chi connectivity index (χ4v) is 2.62. The van der Waals surface area contributed by atoms with Crippen LogP contribution < -0.4 is 5.32 Å². The Morgan fingerprint density at radius 3 is 1.78 bits per heavy atom. The number of hydrogen-bond donors (Lipinski definition) is 1. The van der Waals surface area contributed by atoms with E-state index in [1.165, 1.54) is 4.90 Å². The van der Waals surface area contributed by atoms with E-state index in [-0.39, 0.29) is 13.1 Å². The van der Waals surface area contributed by atoms with E-state index < -0.39 is 29.2 Å². The maximum Gasteiger partial charge on any atom is 0.322 e. The van der Waals surface area contributed by atoms with Gasteiger partial charge in [0.1, 0.15) is 0 Å². The largest absolute Gasteiger partial charge is 0.322 e. The van der Waals surface area contributed by atoms with Gasteiger partial charge in [0, 0.05) is 13.1 Å². The minimum atomic E-state index is -1.62. The fourth-order valence-electron chi connectivity index (χ4n) is 2.62. The van der Waals surface area contributed by atoms with Crippen LogP contribution in [0.25, 0.3) is 0 Å². The second-order valence-electron chi connectivity index (χ2n) is 5.98. The summed E-state index contributed by atoms with van der Waals surface area (Å²) in [5, 5.41) is 2.32. The first kappa shape index (κ1) is 18.5. The van der Waals surface area contributed by atoms with Crippen LogP contribution in [0.4, 0.5) is 23.7 Å². The van der Waals surface area contributed by atoms with Crippen LogP contribution in [-0.2, 0) is 13.1 Å². The van der Waals surface area contributed by atoms with Crippen molar-refractivity contribution in [2.75, 3.05) is 5.32 Å². The van der Waals surface area contributed by atoms with Crippen LogP contribution in [0.2, 0.25) is 0 Å². The second-order valence-corrected chi connectivity index (χ2v) is 5.98. The number of halogens is 3. The molecule has 3 aromatic rings. The zero-order chi connectivity index (χ0) is 19.2. The Balaban J connectivity index is 1.83. The summed E-state index contributed by atoms with van der Waals surface area (Å²) in [6, 6.07) is 19.7. The molecule has 27 heavy (non-hydrogen) atoms. The third kappa shape index (κ3) is 4.67. The number of nitrogens with one attached hydrogen (secondary N) is 1. The molecule has 6 heteroatoms. The van der Waals surface area contributed by atoms with Crippen molar-refractivity contribution in [2.24, 2.45) is 0 Å². The first-order chi connectivity index (χ1) is 13.0. The van der Waals surface area contributed by atoms with Crippen molar-refractivity contribution in [2.45, 2.75) is 13.1 Å². The number of anilines is 1. The Morgan fingerprint density at radius 2 is 1.26 bits per heavy atom. The van der Waals surface area contributed by atoms with Crippen molar-refractivity contribution in [1.82, 2.24) is 4.90 Å². The predicted molar refractivity (Wildman–Crippen MR) is 97.5 cm³/mol. The van der Waals surface area contributed by atoms with E-state index in [0.717, 1.165) is 23.3 Å². The van der Waals surface area contributed by atoms with Gasteiger partial charge in [-0.05, 0) is 23.3 Å². The van der Waals surface area contributed by atoms with Gasteiger partial charge in [-0.2, -0.15) is 0 Å². The molecule has 0 aliphatic rings. The van der Waals surface area contributed by atoms with Crippen LogP contribution in [0.5, 0.6) is 0 Å². The number of carbonyl (C=O) groups excluding carboxylic acids is 1. The number of amides is 2. The fraction of sp³-hybridized carbons (Fsp3) is 0.0952. The van der Waals surface area contributed by atoms with E-state index in [4.69, 9.17) is 0 Å². The third-order valence-corrected chi connectivity index (χ3v) is 4.00. The molecule has 0 unspecified atom stereocenters. The number of hydrogen-bond acceptors (Lipinski definition) is 1. The Labute approximate surface area is 155 Å². The lowest BCUT2D eigenvalue weighted by molar-refractivity contribution is 0.206. The quantitative estimate of drug-likeness (QED) is 0.604. The van der Waals surface area contributed by atoms with E-state index in [1.807, 2.05) is 60.7 Å². The van der Waals surface area contributed by atoms with Crippen LogP contribution in [-0.4, -0.2) is 10.9 Å². The average Bonchev–Trinajstić information content (AvgIpc) is 2.69. The summed E-state index contributed by atoms with van der Waals surface area (Å²) >= 11 is 0. The molecule has 138 valence electrons. The first-order valence-electron chi connectivity index (χ1n) is 8.32. The van der Waals surface area contributed by atoms with Gasteiger partial charge in [0.2, 0.25) is 0 Å². The van der Waals surface area contributed by atoms with Crippen molar-refractivity contribution in [1.29, 1.82) is 0 Å². The molecule has 0 aromatic heterocycles. The topological polar surface area (TPSA) is 32.3 Å². The van der Waals surface area contributed by atoms with E-state index >= 15 is 0 Å². The second kappa shape index (κ2) is 8.40. The zero-order valence-corrected chi connectivity index (χ0v) is 14.3. The molecule has 0 bridgehead atoms. The minimum Gasteiger partial charge on any atom is -0.316 e. The minimum absolute atomic E-state index is 0.271. The highest BCUT2D eigenvalue weighted by Crippen LogP contribution is 2.21. The standard InChI is InChI=1S/C21H17F3N2O/c22-17-11-12-18(20(24)19(17)23)25-21(27)26(13-15-7-3-1-4-8-15)14-16-9-5-2-6-10-16/h1-12H,13-14H2,(H,25,27). The van der Waals surface area contributed by atoms with Gasteiger partial charge in [0.05, 0.1) is 5.69 Å². The van der Waals surface area contributed by atoms with Crippen LogP contribution in [0, 0.1) is 17.5 Å². The van der Waals surface area contributed by atoms with Gasteiger partial charge in [0.15, 0.2) is 17.5 Å². The molecular weight excluding hydrogens is 353 g/mol. The molecule has 0 saturated heterocycles. The lowest BCUT2D eigenvalue weighted by Crippen LogP contribution is -2.34. The Hall–Kier alpha value is -3.28. The molecule has 0 spiro atoms. The van der Waals surface area contributed by atoms with Gasteiger partial charge in [-0.3, -0.25) is 0 Å². The van der Waals surface area contributed by atoms with Gasteiger partial charge in [-0.15, -0.1) is 0 Å². The number of carbonyl (C=O) groups is 1. The van der Waals surface area contributed by atoms with Crippen LogP contribution >= 0.6 is 0 Å². The van der Waals surface area contributed by atoms with Crippen molar-refractivity contribution >= 4 is 11.7 Å². The summed E-state index contributed by atoms with van der Waals surface area (Å²) in [5.74, 6) is -4.36. The van der Waals surface area contributed by atoms with Gasteiger partial charge in [-0.25, -0.2) is 18.0 Å². The average molecular weight is 370 g/mol. The highest BCUT2D eigenvalue weighted by Gasteiger charge is 2.19. The summed E-state index contributed by atoms with van der Waals surface area (Å²) in [6.45, 7) is 0.541. The van der Waals surface area contributed by atoms with Crippen molar-refractivity contribution < 1.29 is 18.0 Å².